The van der Waals surface area contributed by atoms with E-state index in [4.69, 9.17) is 11.6 Å². The number of rotatable bonds is 5. The quantitative estimate of drug-likeness (QED) is 0.555. The minimum Gasteiger partial charge on any atom is -0.362 e. The molecule has 0 aromatic carbocycles. The van der Waals surface area contributed by atoms with E-state index in [9.17, 15) is 4.39 Å². The number of hydrogen-bond donors (Lipinski definition) is 4. The molecule has 0 amide bonds. The van der Waals surface area contributed by atoms with Gasteiger partial charge in [0.1, 0.15) is 17.6 Å². The van der Waals surface area contributed by atoms with Gasteiger partial charge in [-0.25, -0.2) is 4.39 Å². The van der Waals surface area contributed by atoms with E-state index in [2.05, 4.69) is 36.0 Å². The van der Waals surface area contributed by atoms with Gasteiger partial charge in [0, 0.05) is 32.0 Å². The Morgan fingerprint density at radius 2 is 2.28 bits per heavy atom. The lowest BCUT2D eigenvalue weighted by atomic mass is 10.2. The van der Waals surface area contributed by atoms with Crippen LogP contribution in [-0.2, 0) is 6.54 Å². The summed E-state index contributed by atoms with van der Waals surface area (Å²) in [4.78, 5) is 11.9. The third-order valence-electron chi connectivity index (χ3n) is 4.16. The summed E-state index contributed by atoms with van der Waals surface area (Å²) < 4.78 is 15.7. The molecule has 8 nitrogen and oxygen atoms in total. The maximum Gasteiger partial charge on any atom is 0.231 e. The van der Waals surface area contributed by atoms with Crippen LogP contribution in [0.4, 0.5) is 21.8 Å². The number of aryl methyl sites for hydroxylation is 1. The third-order valence-corrected chi connectivity index (χ3v) is 4.46. The number of halogens is 2. The molecule has 4 heterocycles. The monoisotopic (exact) mass is 364 g/mol. The van der Waals surface area contributed by atoms with Gasteiger partial charge in [-0.1, -0.05) is 11.6 Å². The second kappa shape index (κ2) is 6.49. The maximum atomic E-state index is 14.0. The Bertz CT molecular complexity index is 891. The van der Waals surface area contributed by atoms with Crippen molar-refractivity contribution in [2.75, 3.05) is 23.7 Å². The first-order valence-corrected chi connectivity index (χ1v) is 8.47. The summed E-state index contributed by atoms with van der Waals surface area (Å²) in [5.74, 6) is 0.878. The van der Waals surface area contributed by atoms with Crippen molar-refractivity contribution in [2.24, 2.45) is 0 Å². The highest BCUT2D eigenvalue weighted by atomic mass is 35.5. The first kappa shape index (κ1) is 16.1. The number of nitrogens with one attached hydrogen (secondary N) is 4. The van der Waals surface area contributed by atoms with E-state index in [0.29, 0.717) is 40.9 Å². The molecule has 4 rings (SSSR count). The van der Waals surface area contributed by atoms with Crippen LogP contribution in [-0.4, -0.2) is 50.0 Å². The Labute approximate surface area is 148 Å². The minimum absolute atomic E-state index is 0.327. The second-order valence-corrected chi connectivity index (χ2v) is 6.30. The highest BCUT2D eigenvalue weighted by Crippen LogP contribution is 2.30. The number of aromatic nitrogens is 5. The molecule has 25 heavy (non-hydrogen) atoms. The lowest BCUT2D eigenvalue weighted by Gasteiger charge is -2.16. The highest BCUT2D eigenvalue weighted by molar-refractivity contribution is 6.36. The van der Waals surface area contributed by atoms with E-state index in [-0.39, 0.29) is 6.04 Å². The molecule has 0 unspecified atom stereocenters. The molecular weight excluding hydrogens is 347 g/mol. The van der Waals surface area contributed by atoms with Crippen LogP contribution in [0.15, 0.2) is 18.6 Å². The molecule has 2 atom stereocenters. The summed E-state index contributed by atoms with van der Waals surface area (Å²) >= 11 is 6.24. The SMILES string of the molecule is CCn1cc(Nc2nc(N[C@H]3CNC[C@@H]3F)c3c(Cl)c[nH]c3n2)cn1. The zero-order chi connectivity index (χ0) is 17.4. The number of alkyl halides is 1. The van der Waals surface area contributed by atoms with Crippen LogP contribution >= 0.6 is 11.6 Å². The highest BCUT2D eigenvalue weighted by Gasteiger charge is 2.28. The predicted octanol–water partition coefficient (Wildman–Crippen LogP) is 2.29. The van der Waals surface area contributed by atoms with Gasteiger partial charge in [-0.15, -0.1) is 0 Å². The average Bonchev–Trinajstić information content (AvgIpc) is 3.30. The van der Waals surface area contributed by atoms with Gasteiger partial charge in [0.15, 0.2) is 0 Å². The molecule has 0 bridgehead atoms. The van der Waals surface area contributed by atoms with E-state index < -0.39 is 6.17 Å². The van der Waals surface area contributed by atoms with Crippen LogP contribution in [0.3, 0.4) is 0 Å². The molecular formula is C15H18ClFN8. The normalized spacial score (nSPS) is 20.3. The summed E-state index contributed by atoms with van der Waals surface area (Å²) in [6, 6.07) is -0.361. The molecule has 0 radical (unpaired) electrons. The van der Waals surface area contributed by atoms with Crippen molar-refractivity contribution in [3.8, 4) is 0 Å². The fourth-order valence-corrected chi connectivity index (χ4v) is 3.08. The van der Waals surface area contributed by atoms with Gasteiger partial charge in [0.25, 0.3) is 0 Å². The molecule has 1 aliphatic rings. The molecule has 0 aliphatic carbocycles. The topological polar surface area (TPSA) is 95.5 Å². The molecule has 3 aromatic rings. The van der Waals surface area contributed by atoms with Gasteiger partial charge in [-0.2, -0.15) is 15.1 Å². The Balaban J connectivity index is 1.68. The fraction of sp³-hybridized carbons (Fsp3) is 0.400. The molecule has 1 aliphatic heterocycles. The Morgan fingerprint density at radius 3 is 3.00 bits per heavy atom. The number of H-pyrrole nitrogens is 1. The van der Waals surface area contributed by atoms with E-state index in [0.717, 1.165) is 12.2 Å². The number of anilines is 3. The summed E-state index contributed by atoms with van der Waals surface area (Å²) in [6.45, 7) is 3.63. The largest absolute Gasteiger partial charge is 0.362 e. The molecule has 132 valence electrons. The lowest BCUT2D eigenvalue weighted by Crippen LogP contribution is -2.30. The molecule has 1 fully saturated rings. The van der Waals surface area contributed by atoms with Crippen LogP contribution in [0.5, 0.6) is 0 Å². The standard InChI is InChI=1S/C15H18ClFN8/c1-2-25-7-8(3-20-25)21-15-23-13-12(9(16)4-19-13)14(24-15)22-11-6-18-5-10(11)17/h3-4,7,10-11,18H,2,5-6H2,1H3,(H3,19,21,22,23,24)/t10-,11-/m0/s1. The second-order valence-electron chi connectivity index (χ2n) is 5.89. The zero-order valence-corrected chi connectivity index (χ0v) is 14.3. The fourth-order valence-electron chi connectivity index (χ4n) is 2.85. The van der Waals surface area contributed by atoms with Crippen molar-refractivity contribution in [3.63, 3.8) is 0 Å². The zero-order valence-electron chi connectivity index (χ0n) is 13.6. The molecule has 0 spiro atoms. The van der Waals surface area contributed by atoms with Crippen LogP contribution in [0.1, 0.15) is 6.92 Å². The van der Waals surface area contributed by atoms with Crippen molar-refractivity contribution < 1.29 is 4.39 Å². The van der Waals surface area contributed by atoms with Crippen molar-refractivity contribution in [1.29, 1.82) is 0 Å². The molecule has 3 aromatic heterocycles. The van der Waals surface area contributed by atoms with Gasteiger partial charge in [-0.05, 0) is 6.92 Å². The van der Waals surface area contributed by atoms with E-state index in [1.807, 2.05) is 13.1 Å². The number of nitrogens with zero attached hydrogens (tertiary/aromatic N) is 4. The minimum atomic E-state index is -0.984. The van der Waals surface area contributed by atoms with E-state index in [1.54, 1.807) is 17.1 Å². The van der Waals surface area contributed by atoms with Crippen molar-refractivity contribution in [3.05, 3.63) is 23.6 Å². The summed E-state index contributed by atoms with van der Waals surface area (Å²) in [6.07, 6.45) is 4.22. The van der Waals surface area contributed by atoms with Gasteiger partial charge in [0.05, 0.1) is 28.3 Å². The number of aromatic amines is 1. The van der Waals surface area contributed by atoms with Crippen LogP contribution in [0, 0.1) is 0 Å². The smallest absolute Gasteiger partial charge is 0.231 e. The average molecular weight is 365 g/mol. The Hall–Kier alpha value is -2.39. The molecule has 1 saturated heterocycles. The summed E-state index contributed by atoms with van der Waals surface area (Å²) in [5, 5.41) is 14.6. The van der Waals surface area contributed by atoms with Crippen molar-refractivity contribution >= 4 is 40.1 Å². The van der Waals surface area contributed by atoms with Crippen LogP contribution in [0.25, 0.3) is 11.0 Å². The van der Waals surface area contributed by atoms with E-state index >= 15 is 0 Å². The molecule has 10 heteroatoms. The van der Waals surface area contributed by atoms with Crippen molar-refractivity contribution in [1.82, 2.24) is 30.0 Å². The Morgan fingerprint density at radius 1 is 1.40 bits per heavy atom. The summed E-state index contributed by atoms with van der Waals surface area (Å²) in [5.41, 5.74) is 1.35. The first-order chi connectivity index (χ1) is 12.1. The first-order valence-electron chi connectivity index (χ1n) is 8.09. The van der Waals surface area contributed by atoms with Gasteiger partial charge in [-0.3, -0.25) is 4.68 Å². The van der Waals surface area contributed by atoms with Crippen molar-refractivity contribution in [2.45, 2.75) is 25.7 Å². The van der Waals surface area contributed by atoms with Crippen LogP contribution < -0.4 is 16.0 Å². The summed E-state index contributed by atoms with van der Waals surface area (Å²) in [7, 11) is 0. The molecule has 4 N–H and O–H groups in total. The maximum absolute atomic E-state index is 14.0. The number of fused-ring (bicyclic) bond motifs is 1. The van der Waals surface area contributed by atoms with Gasteiger partial charge >= 0.3 is 0 Å². The van der Waals surface area contributed by atoms with Gasteiger partial charge in [0.2, 0.25) is 5.95 Å². The number of hydrogen-bond acceptors (Lipinski definition) is 6. The molecule has 0 saturated carbocycles. The van der Waals surface area contributed by atoms with E-state index in [1.165, 1.54) is 0 Å². The lowest BCUT2D eigenvalue weighted by molar-refractivity contribution is 0.342. The third kappa shape index (κ3) is 3.12. The Kier molecular flexibility index (Phi) is 4.18. The van der Waals surface area contributed by atoms with Crippen LogP contribution in [0.2, 0.25) is 5.02 Å². The van der Waals surface area contributed by atoms with Gasteiger partial charge < -0.3 is 20.9 Å². The predicted molar refractivity (Wildman–Crippen MR) is 95.3 cm³/mol.